The lowest BCUT2D eigenvalue weighted by atomic mass is 10.1. The van der Waals surface area contributed by atoms with Gasteiger partial charge in [-0.15, -0.1) is 0 Å². The van der Waals surface area contributed by atoms with Gasteiger partial charge in [0.05, 0.1) is 0 Å². The molecule has 0 aromatic rings. The van der Waals surface area contributed by atoms with Crippen molar-refractivity contribution in [3.05, 3.63) is 10.4 Å². The molecule has 8 N–H and O–H groups in total. The number of likely N-dealkylation sites (tertiary alicyclic amines) is 3. The minimum Gasteiger partial charge on any atom is -0.368 e. The Morgan fingerprint density at radius 3 is 1.45 bits per heavy atom. The van der Waals surface area contributed by atoms with Crippen molar-refractivity contribution in [3.63, 3.8) is 0 Å². The summed E-state index contributed by atoms with van der Waals surface area (Å²) in [6.45, 7) is 8.39. The van der Waals surface area contributed by atoms with Gasteiger partial charge < -0.3 is 37.6 Å². The van der Waals surface area contributed by atoms with Gasteiger partial charge in [-0.2, -0.15) is 0 Å². The molecule has 3 rings (SSSR count). The minimum absolute atomic E-state index is 0.00296. The number of azide groups is 1. The highest BCUT2D eigenvalue weighted by molar-refractivity contribution is 7.80. The smallest absolute Gasteiger partial charge is 0.240 e. The van der Waals surface area contributed by atoms with E-state index in [0.717, 1.165) is 0 Å². The Bertz CT molecular complexity index is 1210. The number of nitrogens with two attached hydrogens (primary N) is 4. The molecule has 0 aromatic carbocycles. The topological polar surface area (TPSA) is 277 Å². The van der Waals surface area contributed by atoms with Gasteiger partial charge in [-0.25, -0.2) is 0 Å². The average molecular weight is 680 g/mol. The van der Waals surface area contributed by atoms with Crippen molar-refractivity contribution < 1.29 is 28.8 Å². The van der Waals surface area contributed by atoms with Crippen LogP contribution in [0, 0.1) is 17.8 Å². The van der Waals surface area contributed by atoms with Gasteiger partial charge in [0, 0.05) is 74.4 Å². The van der Waals surface area contributed by atoms with E-state index in [0.29, 0.717) is 71.2 Å². The molecule has 18 heteroatoms. The highest BCUT2D eigenvalue weighted by Crippen LogP contribution is 2.23. The summed E-state index contributed by atoms with van der Waals surface area (Å²) in [6.07, 6.45) is 4.38. The summed E-state index contributed by atoms with van der Waals surface area (Å²) in [7, 11) is 0. The molecule has 3 aliphatic heterocycles. The Hall–Kier alpha value is -4.15. The van der Waals surface area contributed by atoms with Gasteiger partial charge in [0.1, 0.15) is 18.1 Å². The van der Waals surface area contributed by atoms with E-state index in [9.17, 15) is 28.8 Å². The Labute approximate surface area is 280 Å². The normalized spacial score (nSPS) is 22.5. The highest BCUT2D eigenvalue weighted by atomic mass is 32.1. The Morgan fingerprint density at radius 2 is 1.15 bits per heavy atom. The van der Waals surface area contributed by atoms with Gasteiger partial charge in [-0.3, -0.25) is 33.8 Å². The van der Waals surface area contributed by atoms with E-state index in [-0.39, 0.29) is 42.0 Å². The third-order valence-corrected chi connectivity index (χ3v) is 8.38. The van der Waals surface area contributed by atoms with Crippen LogP contribution in [0.25, 0.3) is 10.4 Å². The van der Waals surface area contributed by atoms with Crippen LogP contribution in [-0.4, -0.2) is 119 Å². The predicted octanol–water partition coefficient (Wildman–Crippen LogP) is -0.364. The third kappa shape index (κ3) is 12.5. The first-order valence-corrected chi connectivity index (χ1v) is 16.2. The van der Waals surface area contributed by atoms with Crippen LogP contribution in [0.1, 0.15) is 59.3 Å². The first-order chi connectivity index (χ1) is 22.3. The fourth-order valence-electron chi connectivity index (χ4n) is 5.86. The summed E-state index contributed by atoms with van der Waals surface area (Å²) in [5, 5.41) is 4.88. The predicted molar refractivity (Wildman–Crippen MR) is 179 cm³/mol. The molecule has 6 atom stereocenters. The lowest BCUT2D eigenvalue weighted by Crippen LogP contribution is -2.45. The number of primary amides is 3. The van der Waals surface area contributed by atoms with Crippen LogP contribution in [-0.2, 0) is 28.8 Å². The van der Waals surface area contributed by atoms with Crippen LogP contribution in [0.5, 0.6) is 0 Å². The van der Waals surface area contributed by atoms with Crippen molar-refractivity contribution in [1.82, 2.24) is 14.7 Å². The summed E-state index contributed by atoms with van der Waals surface area (Å²) in [4.78, 5) is 79.7. The quantitative estimate of drug-likeness (QED) is 0.0581. The number of thiocarbonyl (C=S) groups is 1. The maximum atomic E-state index is 11.8. The number of rotatable bonds is 15. The molecule has 17 nitrogen and oxygen atoms in total. The van der Waals surface area contributed by atoms with Gasteiger partial charge in [0.25, 0.3) is 0 Å². The molecule has 0 spiro atoms. The summed E-state index contributed by atoms with van der Waals surface area (Å²) >= 11 is 4.62. The van der Waals surface area contributed by atoms with Crippen molar-refractivity contribution in [3.8, 4) is 0 Å². The fraction of sp³-hybridized carbons (Fsp3) is 0.724. The van der Waals surface area contributed by atoms with Gasteiger partial charge in [-0.1, -0.05) is 38.1 Å². The number of amides is 6. The first-order valence-electron chi connectivity index (χ1n) is 15.7. The molecule has 0 radical (unpaired) electrons. The fourth-order valence-corrected chi connectivity index (χ4v) is 5.95. The molecule has 0 saturated carbocycles. The second-order valence-electron chi connectivity index (χ2n) is 11.6. The van der Waals surface area contributed by atoms with E-state index in [4.69, 9.17) is 28.5 Å². The van der Waals surface area contributed by atoms with Crippen molar-refractivity contribution in [2.24, 2.45) is 50.8 Å². The number of carbonyl (C=O) groups is 6. The second-order valence-corrected chi connectivity index (χ2v) is 11.9. The van der Waals surface area contributed by atoms with Crippen LogP contribution in [0.15, 0.2) is 10.1 Å². The van der Waals surface area contributed by atoms with Crippen molar-refractivity contribution in [1.29, 1.82) is 0 Å². The molecule has 47 heavy (non-hydrogen) atoms. The molecule has 3 heterocycles. The Morgan fingerprint density at radius 1 is 0.787 bits per heavy atom. The van der Waals surface area contributed by atoms with E-state index < -0.39 is 35.8 Å². The summed E-state index contributed by atoms with van der Waals surface area (Å²) in [5.74, 6) is -1.15. The molecule has 6 amide bonds. The number of nitrogens with zero attached hydrogens (tertiary/aromatic N) is 7. The van der Waals surface area contributed by atoms with Crippen LogP contribution < -0.4 is 22.9 Å². The minimum atomic E-state index is -0.538. The molecule has 3 saturated heterocycles. The molecular formula is C29H49N11O6S. The lowest BCUT2D eigenvalue weighted by molar-refractivity contribution is -0.136. The molecule has 0 aromatic heterocycles. The molecular weight excluding hydrogens is 630 g/mol. The Balaban J connectivity index is 0.000000354. The summed E-state index contributed by atoms with van der Waals surface area (Å²) in [5.41, 5.74) is 29.4. The van der Waals surface area contributed by atoms with E-state index >= 15 is 0 Å². The zero-order chi connectivity index (χ0) is 35.7. The van der Waals surface area contributed by atoms with Gasteiger partial charge >= 0.3 is 0 Å². The monoisotopic (exact) mass is 679 g/mol. The van der Waals surface area contributed by atoms with Crippen LogP contribution >= 0.6 is 12.2 Å². The number of hydrogen-bond acceptors (Lipinski definition) is 10. The van der Waals surface area contributed by atoms with Crippen LogP contribution in [0.2, 0.25) is 0 Å². The van der Waals surface area contributed by atoms with E-state index in [2.05, 4.69) is 27.2 Å². The largest absolute Gasteiger partial charge is 0.368 e. The number of hydrogen-bond donors (Lipinski definition) is 4. The average Bonchev–Trinajstić information content (AvgIpc) is 3.69. The number of aliphatic imine (C=N–C) groups is 1. The summed E-state index contributed by atoms with van der Waals surface area (Å²) in [6, 6.07) is -1.48. The van der Waals surface area contributed by atoms with Crippen molar-refractivity contribution in [2.45, 2.75) is 77.4 Å². The maximum absolute atomic E-state index is 11.8. The lowest BCUT2D eigenvalue weighted by Gasteiger charge is -2.24. The van der Waals surface area contributed by atoms with Gasteiger partial charge in [0.2, 0.25) is 35.4 Å². The van der Waals surface area contributed by atoms with E-state index in [1.54, 1.807) is 16.0 Å². The number of carbonyl (C=O) groups excluding carboxylic acids is 6. The van der Waals surface area contributed by atoms with E-state index in [1.165, 1.54) is 10.3 Å². The zero-order valence-electron chi connectivity index (χ0n) is 27.4. The second kappa shape index (κ2) is 20.9. The first kappa shape index (κ1) is 40.9. The van der Waals surface area contributed by atoms with E-state index in [1.807, 2.05) is 20.8 Å². The molecule has 3 fully saturated rings. The maximum Gasteiger partial charge on any atom is 0.240 e. The molecule has 262 valence electrons. The van der Waals surface area contributed by atoms with Gasteiger partial charge in [-0.05, 0) is 43.2 Å². The standard InChI is InChI=1S/C11H17N3O2S.C9H15N5O2.C9H17N3O2/c1-2-9(11(12)16)14-7-8(5-10(14)15)6-13-3-4-17;1-2-7(9(10)16)14-5-6(3-8(14)15)4-12-13-11;1-2-7(9(11)14)12-5-6(4-10)3-8(12)13/h3-4,8-9H,2,5-7H2,1H3,(H2,12,16);6-7H,2-5H2,1H3,(H2,10,16);6-7H,2-5,10H2,1H3,(H2,11,14)/t8?,9-;2*6?,7-/m000/s1. The Kier molecular flexibility index (Phi) is 18.1. The van der Waals surface area contributed by atoms with Gasteiger partial charge in [0.15, 0.2) is 0 Å². The van der Waals surface area contributed by atoms with Crippen molar-refractivity contribution >= 4 is 59.2 Å². The SMILES string of the molecule is CC[C@@H](C(N)=O)N1CC(CN)CC1=O.CC[C@@H](C(N)=O)N1CC(CN=CC=S)CC1=O.CC[C@@H](C(N)=O)N1CC(CN=[N+]=[N-])CC1=O. The molecule has 0 bridgehead atoms. The van der Waals surface area contributed by atoms with Crippen LogP contribution in [0.3, 0.4) is 0 Å². The van der Waals surface area contributed by atoms with Crippen molar-refractivity contribution in [2.75, 3.05) is 39.3 Å². The van der Waals surface area contributed by atoms with Crippen LogP contribution in [0.4, 0.5) is 0 Å². The molecule has 3 unspecified atom stereocenters. The molecule has 0 aliphatic carbocycles. The third-order valence-electron chi connectivity index (χ3n) is 8.26. The molecule has 3 aliphatic rings. The zero-order valence-corrected chi connectivity index (χ0v) is 28.2. The highest BCUT2D eigenvalue weighted by Gasteiger charge is 2.37. The summed E-state index contributed by atoms with van der Waals surface area (Å²) < 4.78 is 0.